The Morgan fingerprint density at radius 3 is 2.71 bits per heavy atom. The fourth-order valence-electron chi connectivity index (χ4n) is 2.32. The molecule has 1 N–H and O–H groups in total. The largest absolute Gasteiger partial charge is 0.365 e. The van der Waals surface area contributed by atoms with E-state index in [0.29, 0.717) is 6.04 Å². The third kappa shape index (κ3) is 3.35. The van der Waals surface area contributed by atoms with Crippen LogP contribution in [0.2, 0.25) is 5.02 Å². The summed E-state index contributed by atoms with van der Waals surface area (Å²) in [6.45, 7) is 4.21. The lowest BCUT2D eigenvalue weighted by Crippen LogP contribution is -2.55. The molecule has 0 saturated carbocycles. The second-order valence-corrected chi connectivity index (χ2v) is 5.23. The molecule has 2 rings (SSSR count). The Hall–Kier alpha value is -0.770. The summed E-state index contributed by atoms with van der Waals surface area (Å²) in [5.41, 5.74) is 1.27. The Morgan fingerprint density at radius 1 is 1.35 bits per heavy atom. The minimum Gasteiger partial charge on any atom is -0.365 e. The quantitative estimate of drug-likeness (QED) is 0.884. The molecule has 1 saturated heterocycles. The molecule has 4 heteroatoms. The second-order valence-electron chi connectivity index (χ2n) is 4.79. The molecule has 1 aliphatic heterocycles. The molecule has 1 aromatic rings. The molecule has 1 heterocycles. The summed E-state index contributed by atoms with van der Waals surface area (Å²) in [5.74, 6) is 0. The van der Waals surface area contributed by atoms with Crippen molar-refractivity contribution in [2.75, 3.05) is 45.2 Å². The van der Waals surface area contributed by atoms with Gasteiger partial charge in [-0.3, -0.25) is 0 Å². The number of hydrogen-bond acceptors (Lipinski definition) is 3. The number of halogens is 1. The zero-order valence-corrected chi connectivity index (χ0v) is 11.2. The molecular weight excluding hydrogens is 234 g/mol. The van der Waals surface area contributed by atoms with Crippen LogP contribution >= 0.6 is 11.6 Å². The Balaban J connectivity index is 2.12. The lowest BCUT2D eigenvalue weighted by molar-refractivity contribution is 0.337. The highest BCUT2D eigenvalue weighted by atomic mass is 35.5. The van der Waals surface area contributed by atoms with Crippen molar-refractivity contribution in [3.63, 3.8) is 0 Å². The van der Waals surface area contributed by atoms with Gasteiger partial charge in [0.2, 0.25) is 0 Å². The maximum atomic E-state index is 5.93. The van der Waals surface area contributed by atoms with Crippen molar-refractivity contribution in [3.05, 3.63) is 29.3 Å². The number of benzene rings is 1. The van der Waals surface area contributed by atoms with Gasteiger partial charge in [0.05, 0.1) is 6.04 Å². The fourth-order valence-corrected chi connectivity index (χ4v) is 2.44. The second kappa shape index (κ2) is 5.71. The van der Waals surface area contributed by atoms with Crippen LogP contribution in [-0.2, 0) is 0 Å². The first kappa shape index (κ1) is 12.7. The van der Waals surface area contributed by atoms with E-state index in [-0.39, 0.29) is 0 Å². The van der Waals surface area contributed by atoms with Crippen molar-refractivity contribution >= 4 is 17.3 Å². The first-order valence-corrected chi connectivity index (χ1v) is 6.42. The molecule has 0 bridgehead atoms. The molecule has 0 amide bonds. The number of anilines is 1. The molecule has 0 aromatic heterocycles. The average molecular weight is 254 g/mol. The van der Waals surface area contributed by atoms with E-state index >= 15 is 0 Å². The lowest BCUT2D eigenvalue weighted by Gasteiger charge is -2.39. The van der Waals surface area contributed by atoms with Gasteiger partial charge in [-0.15, -0.1) is 0 Å². The van der Waals surface area contributed by atoms with Crippen LogP contribution in [0.15, 0.2) is 24.3 Å². The summed E-state index contributed by atoms with van der Waals surface area (Å²) in [7, 11) is 4.24. The average Bonchev–Trinajstić information content (AvgIpc) is 2.30. The lowest BCUT2D eigenvalue weighted by atomic mass is 10.1. The molecular formula is C13H20ClN3. The van der Waals surface area contributed by atoms with E-state index < -0.39 is 0 Å². The van der Waals surface area contributed by atoms with E-state index in [1.807, 2.05) is 12.1 Å². The first-order chi connectivity index (χ1) is 8.16. The predicted octanol–water partition coefficient (Wildman–Crippen LogP) is 1.68. The zero-order chi connectivity index (χ0) is 12.3. The summed E-state index contributed by atoms with van der Waals surface area (Å²) in [6.07, 6.45) is 0. The van der Waals surface area contributed by atoms with Crippen molar-refractivity contribution in [2.45, 2.75) is 6.04 Å². The van der Waals surface area contributed by atoms with E-state index in [2.05, 4.69) is 41.3 Å². The van der Waals surface area contributed by atoms with Crippen molar-refractivity contribution < 1.29 is 0 Å². The highest BCUT2D eigenvalue weighted by Crippen LogP contribution is 2.21. The van der Waals surface area contributed by atoms with Crippen LogP contribution < -0.4 is 10.2 Å². The molecule has 1 unspecified atom stereocenters. The smallest absolute Gasteiger partial charge is 0.0541 e. The van der Waals surface area contributed by atoms with Crippen molar-refractivity contribution in [2.24, 2.45) is 0 Å². The van der Waals surface area contributed by atoms with Gasteiger partial charge in [0.15, 0.2) is 0 Å². The Bertz CT molecular complexity index is 350. The van der Waals surface area contributed by atoms with Crippen LogP contribution in [0.4, 0.5) is 5.69 Å². The molecule has 1 atom stereocenters. The summed E-state index contributed by atoms with van der Waals surface area (Å²) in [5, 5.41) is 4.26. The van der Waals surface area contributed by atoms with Crippen molar-refractivity contribution in [1.29, 1.82) is 0 Å². The number of piperazine rings is 1. The van der Waals surface area contributed by atoms with E-state index in [1.165, 1.54) is 5.69 Å². The summed E-state index contributed by atoms with van der Waals surface area (Å²) < 4.78 is 0. The molecule has 1 aromatic carbocycles. The highest BCUT2D eigenvalue weighted by Gasteiger charge is 2.22. The highest BCUT2D eigenvalue weighted by molar-refractivity contribution is 6.30. The van der Waals surface area contributed by atoms with Gasteiger partial charge < -0.3 is 15.1 Å². The number of rotatable bonds is 3. The molecule has 0 spiro atoms. The fraction of sp³-hybridized carbons (Fsp3) is 0.538. The third-order valence-corrected chi connectivity index (χ3v) is 3.34. The molecule has 0 radical (unpaired) electrons. The number of hydrogen-bond donors (Lipinski definition) is 1. The maximum Gasteiger partial charge on any atom is 0.0541 e. The van der Waals surface area contributed by atoms with Gasteiger partial charge in [-0.05, 0) is 38.4 Å². The van der Waals surface area contributed by atoms with Gasteiger partial charge in [0.25, 0.3) is 0 Å². The van der Waals surface area contributed by atoms with Crippen molar-refractivity contribution in [3.8, 4) is 0 Å². The molecule has 1 fully saturated rings. The van der Waals surface area contributed by atoms with Gasteiger partial charge in [-0.1, -0.05) is 11.6 Å². The van der Waals surface area contributed by atoms with Gasteiger partial charge >= 0.3 is 0 Å². The molecule has 1 aliphatic rings. The monoisotopic (exact) mass is 253 g/mol. The number of nitrogens with one attached hydrogen (secondary N) is 1. The predicted molar refractivity (Wildman–Crippen MR) is 74.0 cm³/mol. The first-order valence-electron chi connectivity index (χ1n) is 6.04. The van der Waals surface area contributed by atoms with E-state index in [1.54, 1.807) is 0 Å². The topological polar surface area (TPSA) is 18.5 Å². The van der Waals surface area contributed by atoms with Gasteiger partial charge in [0.1, 0.15) is 0 Å². The molecule has 3 nitrogen and oxygen atoms in total. The summed E-state index contributed by atoms with van der Waals surface area (Å²) >= 11 is 5.93. The summed E-state index contributed by atoms with van der Waals surface area (Å²) in [6, 6.07) is 8.67. The van der Waals surface area contributed by atoms with Crippen molar-refractivity contribution in [1.82, 2.24) is 10.2 Å². The third-order valence-electron chi connectivity index (χ3n) is 3.08. The number of nitrogens with zero attached hydrogens (tertiary/aromatic N) is 2. The molecule has 94 valence electrons. The van der Waals surface area contributed by atoms with Gasteiger partial charge in [-0.25, -0.2) is 0 Å². The van der Waals surface area contributed by atoms with E-state index in [4.69, 9.17) is 11.6 Å². The van der Waals surface area contributed by atoms with Crippen LogP contribution in [0.5, 0.6) is 0 Å². The minimum atomic E-state index is 0.528. The van der Waals surface area contributed by atoms with Crippen LogP contribution in [0.3, 0.4) is 0 Å². The Morgan fingerprint density at radius 2 is 2.06 bits per heavy atom. The van der Waals surface area contributed by atoms with E-state index in [0.717, 1.165) is 31.2 Å². The SMILES string of the molecule is CN(C)CC1CNCCN1c1ccc(Cl)cc1. The Labute approximate surface area is 108 Å². The summed E-state index contributed by atoms with van der Waals surface area (Å²) in [4.78, 5) is 4.70. The van der Waals surface area contributed by atoms with Crippen LogP contribution in [0.25, 0.3) is 0 Å². The van der Waals surface area contributed by atoms with Crippen LogP contribution in [0.1, 0.15) is 0 Å². The van der Waals surface area contributed by atoms with Gasteiger partial charge in [-0.2, -0.15) is 0 Å². The molecule has 17 heavy (non-hydrogen) atoms. The number of likely N-dealkylation sites (N-methyl/N-ethyl adjacent to an activating group) is 1. The zero-order valence-electron chi connectivity index (χ0n) is 10.5. The van der Waals surface area contributed by atoms with E-state index in [9.17, 15) is 0 Å². The van der Waals surface area contributed by atoms with Gasteiger partial charge in [0, 0.05) is 36.9 Å². The van der Waals surface area contributed by atoms with Crippen LogP contribution in [-0.4, -0.2) is 51.2 Å². The minimum absolute atomic E-state index is 0.528. The molecule has 0 aliphatic carbocycles. The standard InChI is InChI=1S/C13H20ClN3/c1-16(2)10-13-9-15-7-8-17(13)12-5-3-11(14)4-6-12/h3-6,13,15H,7-10H2,1-2H3. The van der Waals surface area contributed by atoms with Crippen LogP contribution in [0, 0.1) is 0 Å². The normalized spacial score (nSPS) is 20.9. The maximum absolute atomic E-state index is 5.93. The Kier molecular flexibility index (Phi) is 4.26.